The topological polar surface area (TPSA) is 0 Å². The lowest BCUT2D eigenvalue weighted by Gasteiger charge is -2.22. The van der Waals surface area contributed by atoms with Gasteiger partial charge in [0.05, 0.1) is 0 Å². The maximum atomic E-state index is 14.9. The third-order valence-corrected chi connectivity index (χ3v) is 6.87. The molecule has 0 saturated carbocycles. The van der Waals surface area contributed by atoms with Crippen LogP contribution in [0.25, 0.3) is 16.7 Å². The van der Waals surface area contributed by atoms with Crippen LogP contribution in [0.5, 0.6) is 0 Å². The zero-order chi connectivity index (χ0) is 23.4. The van der Waals surface area contributed by atoms with Crippen LogP contribution in [0, 0.1) is 30.3 Å². The molecule has 0 bridgehead atoms. The minimum atomic E-state index is -0.726. The van der Waals surface area contributed by atoms with E-state index in [1.54, 1.807) is 25.1 Å². The summed E-state index contributed by atoms with van der Waals surface area (Å²) in [6.45, 7) is 3.93. The minimum Gasteiger partial charge on any atom is -0.207 e. The third-order valence-electron chi connectivity index (χ3n) is 6.87. The number of benzene rings is 3. The van der Waals surface area contributed by atoms with Crippen LogP contribution >= 0.6 is 0 Å². The van der Waals surface area contributed by atoms with Crippen molar-refractivity contribution >= 4 is 5.57 Å². The Morgan fingerprint density at radius 2 is 1.61 bits per heavy atom. The summed E-state index contributed by atoms with van der Waals surface area (Å²) < 4.78 is 43.6. The molecule has 0 amide bonds. The summed E-state index contributed by atoms with van der Waals surface area (Å²) in [6.07, 6.45) is 8.32. The molecule has 1 atom stereocenters. The zero-order valence-corrected chi connectivity index (χ0v) is 19.4. The molecule has 33 heavy (non-hydrogen) atoms. The summed E-state index contributed by atoms with van der Waals surface area (Å²) in [5.41, 5.74) is 5.17. The molecule has 3 aromatic carbocycles. The first-order chi connectivity index (χ1) is 16.0. The van der Waals surface area contributed by atoms with E-state index < -0.39 is 11.6 Å². The van der Waals surface area contributed by atoms with Crippen LogP contribution in [0.3, 0.4) is 0 Å². The van der Waals surface area contributed by atoms with E-state index in [2.05, 4.69) is 13.0 Å². The van der Waals surface area contributed by atoms with Gasteiger partial charge in [-0.2, -0.15) is 0 Å². The Bertz CT molecular complexity index is 1140. The van der Waals surface area contributed by atoms with Crippen LogP contribution in [0.2, 0.25) is 0 Å². The van der Waals surface area contributed by atoms with E-state index in [1.165, 1.54) is 18.9 Å². The molecule has 4 rings (SSSR count). The Kier molecular flexibility index (Phi) is 7.37. The molecule has 1 aliphatic rings. The number of halogens is 3. The zero-order valence-electron chi connectivity index (χ0n) is 19.4. The molecule has 0 heterocycles. The monoisotopic (exact) mass is 448 g/mol. The van der Waals surface area contributed by atoms with E-state index in [4.69, 9.17) is 0 Å². The van der Waals surface area contributed by atoms with Gasteiger partial charge in [0.25, 0.3) is 0 Å². The highest BCUT2D eigenvalue weighted by Crippen LogP contribution is 2.34. The molecule has 1 unspecified atom stereocenters. The second kappa shape index (κ2) is 10.4. The molecule has 0 aromatic heterocycles. The average Bonchev–Trinajstić information content (AvgIpc) is 2.83. The van der Waals surface area contributed by atoms with Crippen molar-refractivity contribution in [2.24, 2.45) is 5.92 Å². The van der Waals surface area contributed by atoms with Gasteiger partial charge in [-0.05, 0) is 84.4 Å². The molecule has 1 aliphatic carbocycles. The molecule has 0 saturated heterocycles. The first-order valence-electron chi connectivity index (χ1n) is 12.0. The second-order valence-electron chi connectivity index (χ2n) is 9.22. The highest BCUT2D eigenvalue weighted by Gasteiger charge is 2.20. The van der Waals surface area contributed by atoms with E-state index in [9.17, 15) is 13.2 Å². The molecule has 0 aliphatic heterocycles. The van der Waals surface area contributed by atoms with E-state index >= 15 is 0 Å². The van der Waals surface area contributed by atoms with Crippen molar-refractivity contribution in [1.29, 1.82) is 0 Å². The average molecular weight is 449 g/mol. The van der Waals surface area contributed by atoms with Gasteiger partial charge in [0, 0.05) is 5.56 Å². The molecule has 0 nitrogen and oxygen atoms in total. The van der Waals surface area contributed by atoms with Crippen LogP contribution in [-0.4, -0.2) is 0 Å². The van der Waals surface area contributed by atoms with Gasteiger partial charge in [-0.15, -0.1) is 0 Å². The predicted octanol–water partition coefficient (Wildman–Crippen LogP) is 8.85. The first kappa shape index (κ1) is 23.4. The maximum absolute atomic E-state index is 14.9. The van der Waals surface area contributed by atoms with E-state index in [0.717, 1.165) is 41.5 Å². The van der Waals surface area contributed by atoms with E-state index in [-0.39, 0.29) is 5.82 Å². The Balaban J connectivity index is 1.42. The molecular weight excluding hydrogens is 417 g/mol. The molecule has 3 heteroatoms. The number of aryl methyl sites for hydroxylation is 3. The Labute approximate surface area is 195 Å². The summed E-state index contributed by atoms with van der Waals surface area (Å²) in [7, 11) is 0. The molecule has 0 radical (unpaired) electrons. The summed E-state index contributed by atoms with van der Waals surface area (Å²) in [4.78, 5) is 0. The molecular formula is C30H31F3. The lowest BCUT2D eigenvalue weighted by Crippen LogP contribution is -2.07. The standard InChI is InChI=1S/C30H31F3/c1-3-4-21-8-14-24(15-9-21)27-18-17-25(29(32)30(27)33)16-10-22-6-12-23(13-7-22)26-11-5-20(2)28(31)19-26/h5-7,11-14,17-19,21H,3-4,8-10,15-16H2,1-2H3. The van der Waals surface area contributed by atoms with Gasteiger partial charge in [0.15, 0.2) is 11.6 Å². The normalized spacial score (nSPS) is 16.0. The van der Waals surface area contributed by atoms with Crippen molar-refractivity contribution in [2.45, 2.75) is 58.8 Å². The van der Waals surface area contributed by atoms with Crippen molar-refractivity contribution in [3.63, 3.8) is 0 Å². The van der Waals surface area contributed by atoms with Crippen molar-refractivity contribution < 1.29 is 13.2 Å². The van der Waals surface area contributed by atoms with Gasteiger partial charge in [-0.1, -0.05) is 74.4 Å². The number of allylic oxidation sites excluding steroid dienone is 2. The van der Waals surface area contributed by atoms with Crippen molar-refractivity contribution in [1.82, 2.24) is 0 Å². The summed E-state index contributed by atoms with van der Waals surface area (Å²) in [5.74, 6) is -0.995. The summed E-state index contributed by atoms with van der Waals surface area (Å²) >= 11 is 0. The summed E-state index contributed by atoms with van der Waals surface area (Å²) in [6, 6.07) is 16.5. The molecule has 0 fully saturated rings. The van der Waals surface area contributed by atoms with Crippen LogP contribution in [0.1, 0.15) is 61.3 Å². The quantitative estimate of drug-likeness (QED) is 0.339. The van der Waals surface area contributed by atoms with Crippen LogP contribution in [-0.2, 0) is 12.8 Å². The molecule has 3 aromatic rings. The Hall–Kier alpha value is -2.81. The van der Waals surface area contributed by atoms with Gasteiger partial charge in [0.2, 0.25) is 0 Å². The molecule has 172 valence electrons. The Morgan fingerprint density at radius 3 is 2.27 bits per heavy atom. The maximum Gasteiger partial charge on any atom is 0.166 e. The predicted molar refractivity (Wildman–Crippen MR) is 131 cm³/mol. The fourth-order valence-corrected chi connectivity index (χ4v) is 4.75. The van der Waals surface area contributed by atoms with Crippen LogP contribution in [0.15, 0.2) is 60.7 Å². The van der Waals surface area contributed by atoms with E-state index in [0.29, 0.717) is 35.4 Å². The fraction of sp³-hybridized carbons (Fsp3) is 0.333. The van der Waals surface area contributed by atoms with Crippen LogP contribution < -0.4 is 0 Å². The second-order valence-corrected chi connectivity index (χ2v) is 9.22. The van der Waals surface area contributed by atoms with Gasteiger partial charge >= 0.3 is 0 Å². The van der Waals surface area contributed by atoms with Gasteiger partial charge < -0.3 is 0 Å². The lowest BCUT2D eigenvalue weighted by molar-refractivity contribution is 0.443. The van der Waals surface area contributed by atoms with Crippen molar-refractivity contribution in [3.8, 4) is 11.1 Å². The van der Waals surface area contributed by atoms with Gasteiger partial charge in [-0.3, -0.25) is 0 Å². The Morgan fingerprint density at radius 1 is 0.848 bits per heavy atom. The lowest BCUT2D eigenvalue weighted by atomic mass is 9.84. The number of rotatable bonds is 7. The molecule has 0 spiro atoms. The highest BCUT2D eigenvalue weighted by molar-refractivity contribution is 5.67. The smallest absolute Gasteiger partial charge is 0.166 e. The third kappa shape index (κ3) is 5.40. The first-order valence-corrected chi connectivity index (χ1v) is 12.0. The number of hydrogen-bond acceptors (Lipinski definition) is 0. The van der Waals surface area contributed by atoms with Gasteiger partial charge in [-0.25, -0.2) is 13.2 Å². The van der Waals surface area contributed by atoms with Crippen molar-refractivity contribution in [2.75, 3.05) is 0 Å². The summed E-state index contributed by atoms with van der Waals surface area (Å²) in [5, 5.41) is 0. The largest absolute Gasteiger partial charge is 0.207 e. The van der Waals surface area contributed by atoms with Crippen molar-refractivity contribution in [3.05, 3.63) is 100 Å². The fourth-order valence-electron chi connectivity index (χ4n) is 4.75. The van der Waals surface area contributed by atoms with Crippen LogP contribution in [0.4, 0.5) is 13.2 Å². The number of hydrogen-bond donors (Lipinski definition) is 0. The SMILES string of the molecule is CCCC1CC=C(c2ccc(CCc3ccc(-c4ccc(C)c(F)c4)cc3)c(F)c2F)CC1. The van der Waals surface area contributed by atoms with Gasteiger partial charge in [0.1, 0.15) is 5.82 Å². The minimum absolute atomic E-state index is 0.220. The highest BCUT2D eigenvalue weighted by atomic mass is 19.2. The molecule has 0 N–H and O–H groups in total. The van der Waals surface area contributed by atoms with E-state index in [1.807, 2.05) is 30.3 Å².